The molecule has 1 aliphatic heterocycles. The second-order valence-electron chi connectivity index (χ2n) is 7.34. The van der Waals surface area contributed by atoms with Crippen LogP contribution in [0.1, 0.15) is 43.2 Å². The molecule has 1 aliphatic carbocycles. The minimum atomic E-state index is -0.139. The number of ether oxygens (including phenoxy) is 1. The molecule has 1 aromatic carbocycles. The van der Waals surface area contributed by atoms with E-state index in [4.69, 9.17) is 4.74 Å². The molecule has 24 heavy (non-hydrogen) atoms. The highest BCUT2D eigenvalue weighted by molar-refractivity contribution is 5.93. The van der Waals surface area contributed by atoms with Crippen molar-refractivity contribution in [3.8, 4) is 0 Å². The Bertz CT molecular complexity index is 835. The third kappa shape index (κ3) is 2.25. The van der Waals surface area contributed by atoms with E-state index in [1.807, 2.05) is 24.4 Å². The number of aliphatic hydroxyl groups excluding tert-OH is 1. The van der Waals surface area contributed by atoms with Crippen molar-refractivity contribution in [2.45, 2.75) is 32.8 Å². The van der Waals surface area contributed by atoms with Crippen molar-refractivity contribution in [3.63, 3.8) is 0 Å². The first-order chi connectivity index (χ1) is 11.5. The van der Waals surface area contributed by atoms with E-state index in [1.54, 1.807) is 11.5 Å². The van der Waals surface area contributed by atoms with Gasteiger partial charge < -0.3 is 9.84 Å². The zero-order chi connectivity index (χ0) is 16.9. The first-order valence-electron chi connectivity index (χ1n) is 8.55. The van der Waals surface area contributed by atoms with Gasteiger partial charge in [0.05, 0.1) is 24.8 Å². The Kier molecular flexibility index (Phi) is 3.62. The van der Waals surface area contributed by atoms with E-state index in [1.165, 1.54) is 5.57 Å². The topological polar surface area (TPSA) is 51.5 Å². The fourth-order valence-corrected chi connectivity index (χ4v) is 4.26. The number of carbonyl (C=O) groups is 1. The molecule has 1 fully saturated rings. The second-order valence-corrected chi connectivity index (χ2v) is 7.34. The van der Waals surface area contributed by atoms with E-state index >= 15 is 0 Å². The Morgan fingerprint density at radius 1 is 1.42 bits per heavy atom. The Labute approximate surface area is 141 Å². The molecule has 4 rings (SSSR count). The van der Waals surface area contributed by atoms with E-state index < -0.39 is 0 Å². The van der Waals surface area contributed by atoms with Gasteiger partial charge in [0, 0.05) is 35.4 Å². The minimum absolute atomic E-state index is 0.00822. The molecule has 2 aliphatic rings. The second kappa shape index (κ2) is 5.57. The number of para-hydroxylation sites is 1. The lowest BCUT2D eigenvalue weighted by Crippen LogP contribution is -2.43. The normalized spacial score (nSPS) is 29.5. The third-order valence-electron chi connectivity index (χ3n) is 5.75. The molecule has 0 saturated carbocycles. The largest absolute Gasteiger partial charge is 0.396 e. The lowest BCUT2D eigenvalue weighted by Gasteiger charge is -2.47. The van der Waals surface area contributed by atoms with Crippen LogP contribution in [-0.2, 0) is 4.74 Å². The predicted octanol–water partition coefficient (Wildman–Crippen LogP) is 3.71. The van der Waals surface area contributed by atoms with E-state index in [2.05, 4.69) is 19.1 Å². The summed E-state index contributed by atoms with van der Waals surface area (Å²) in [6.07, 6.45) is 5.95. The van der Waals surface area contributed by atoms with Crippen molar-refractivity contribution < 1.29 is 14.6 Å². The van der Waals surface area contributed by atoms with Gasteiger partial charge in [-0.15, -0.1) is 0 Å². The highest BCUT2D eigenvalue weighted by atomic mass is 16.5. The van der Waals surface area contributed by atoms with Crippen molar-refractivity contribution in [2.75, 3.05) is 13.2 Å². The molecule has 2 heterocycles. The van der Waals surface area contributed by atoms with E-state index in [9.17, 15) is 9.90 Å². The van der Waals surface area contributed by atoms with Crippen LogP contribution in [0.4, 0.5) is 0 Å². The standard InChI is InChI=1S/C20H23NO3/c1-13-7-8-20(11-22)9-16(13)19(24-12-20)17-10-21(14(2)23)18-6-4-3-5-15(17)18/h3-7,10,16,19,22H,8-9,11-12H2,1-2H3/t16-,19+,20-/m1/s1. The van der Waals surface area contributed by atoms with Crippen LogP contribution in [0.2, 0.25) is 0 Å². The number of aromatic nitrogens is 1. The molecule has 2 bridgehead atoms. The molecular formula is C20H23NO3. The van der Waals surface area contributed by atoms with Crippen LogP contribution in [-0.4, -0.2) is 28.8 Å². The van der Waals surface area contributed by atoms with Gasteiger partial charge >= 0.3 is 0 Å². The van der Waals surface area contributed by atoms with Gasteiger partial charge in [0.25, 0.3) is 0 Å². The molecule has 4 heteroatoms. The monoisotopic (exact) mass is 325 g/mol. The molecular weight excluding hydrogens is 302 g/mol. The SMILES string of the molecule is CC(=O)n1cc([C@H]2OC[C@]3(CO)CC=C(C)[C@H]2C3)c2ccccc21. The molecule has 0 radical (unpaired) electrons. The van der Waals surface area contributed by atoms with Gasteiger partial charge in [-0.1, -0.05) is 29.8 Å². The van der Waals surface area contributed by atoms with Crippen molar-refractivity contribution in [1.82, 2.24) is 4.57 Å². The smallest absolute Gasteiger partial charge is 0.227 e. The first kappa shape index (κ1) is 15.6. The Hall–Kier alpha value is -1.91. The molecule has 1 saturated heterocycles. The third-order valence-corrected chi connectivity index (χ3v) is 5.75. The molecule has 1 aromatic heterocycles. The summed E-state index contributed by atoms with van der Waals surface area (Å²) in [5, 5.41) is 10.9. The molecule has 4 nitrogen and oxygen atoms in total. The van der Waals surface area contributed by atoms with Crippen LogP contribution in [0, 0.1) is 11.3 Å². The summed E-state index contributed by atoms with van der Waals surface area (Å²) in [5.74, 6) is 0.264. The average molecular weight is 325 g/mol. The quantitative estimate of drug-likeness (QED) is 0.857. The first-order valence-corrected chi connectivity index (χ1v) is 8.55. The number of allylic oxidation sites excluding steroid dienone is 1. The summed E-state index contributed by atoms with van der Waals surface area (Å²) in [6.45, 7) is 4.46. The highest BCUT2D eigenvalue weighted by Gasteiger charge is 2.45. The van der Waals surface area contributed by atoms with Crippen LogP contribution in [0.25, 0.3) is 10.9 Å². The number of fused-ring (bicyclic) bond motifs is 3. The maximum atomic E-state index is 12.0. The summed E-state index contributed by atoms with van der Waals surface area (Å²) < 4.78 is 7.98. The fourth-order valence-electron chi connectivity index (χ4n) is 4.26. The van der Waals surface area contributed by atoms with Gasteiger partial charge in [-0.3, -0.25) is 9.36 Å². The number of carbonyl (C=O) groups excluding carboxylic acids is 1. The van der Waals surface area contributed by atoms with Gasteiger partial charge in [0.15, 0.2) is 0 Å². The van der Waals surface area contributed by atoms with Crippen LogP contribution in [0.15, 0.2) is 42.1 Å². The molecule has 126 valence electrons. The zero-order valence-electron chi connectivity index (χ0n) is 14.2. The van der Waals surface area contributed by atoms with Crippen molar-refractivity contribution >= 4 is 16.8 Å². The average Bonchev–Trinajstić information content (AvgIpc) is 2.99. The highest BCUT2D eigenvalue weighted by Crippen LogP contribution is 2.51. The molecule has 1 N–H and O–H groups in total. The number of nitrogens with zero attached hydrogens (tertiary/aromatic N) is 1. The number of benzene rings is 1. The summed E-state index contributed by atoms with van der Waals surface area (Å²) in [7, 11) is 0. The zero-order valence-corrected chi connectivity index (χ0v) is 14.2. The van der Waals surface area contributed by atoms with Gasteiger partial charge in [-0.05, 0) is 25.8 Å². The Morgan fingerprint density at radius 2 is 2.21 bits per heavy atom. The number of rotatable bonds is 2. The maximum absolute atomic E-state index is 12.0. The van der Waals surface area contributed by atoms with Gasteiger partial charge in [0.2, 0.25) is 5.91 Å². The van der Waals surface area contributed by atoms with Crippen LogP contribution < -0.4 is 0 Å². The van der Waals surface area contributed by atoms with Crippen molar-refractivity contribution in [2.24, 2.45) is 11.3 Å². The fraction of sp³-hybridized carbons (Fsp3) is 0.450. The van der Waals surface area contributed by atoms with Crippen LogP contribution in [0.5, 0.6) is 0 Å². The molecule has 0 unspecified atom stereocenters. The van der Waals surface area contributed by atoms with Gasteiger partial charge in [0.1, 0.15) is 0 Å². The summed E-state index contributed by atoms with van der Waals surface area (Å²) in [4.78, 5) is 12.0. The molecule has 2 aromatic rings. The van der Waals surface area contributed by atoms with Crippen molar-refractivity contribution in [1.29, 1.82) is 0 Å². The van der Waals surface area contributed by atoms with E-state index in [0.717, 1.165) is 29.3 Å². The molecule has 3 atom stereocenters. The predicted molar refractivity (Wildman–Crippen MR) is 92.9 cm³/mol. The lowest BCUT2D eigenvalue weighted by atomic mass is 9.67. The minimum Gasteiger partial charge on any atom is -0.396 e. The molecule has 0 spiro atoms. The van der Waals surface area contributed by atoms with E-state index in [-0.39, 0.29) is 30.0 Å². The Balaban J connectivity index is 1.82. The van der Waals surface area contributed by atoms with Crippen molar-refractivity contribution in [3.05, 3.63) is 47.7 Å². The summed E-state index contributed by atoms with van der Waals surface area (Å²) in [5.41, 5.74) is 3.19. The number of hydrogen-bond acceptors (Lipinski definition) is 3. The Morgan fingerprint density at radius 3 is 2.96 bits per heavy atom. The van der Waals surface area contributed by atoms with Gasteiger partial charge in [-0.2, -0.15) is 0 Å². The lowest BCUT2D eigenvalue weighted by molar-refractivity contribution is -0.113. The molecule has 0 amide bonds. The van der Waals surface area contributed by atoms with Crippen LogP contribution in [0.3, 0.4) is 0 Å². The van der Waals surface area contributed by atoms with Crippen LogP contribution >= 0.6 is 0 Å². The number of aliphatic hydroxyl groups is 1. The van der Waals surface area contributed by atoms with E-state index in [0.29, 0.717) is 6.61 Å². The summed E-state index contributed by atoms with van der Waals surface area (Å²) in [6, 6.07) is 7.99. The number of hydrogen-bond donors (Lipinski definition) is 1. The van der Waals surface area contributed by atoms with Gasteiger partial charge in [-0.25, -0.2) is 0 Å². The summed E-state index contributed by atoms with van der Waals surface area (Å²) >= 11 is 0. The maximum Gasteiger partial charge on any atom is 0.227 e.